The summed E-state index contributed by atoms with van der Waals surface area (Å²) in [6.07, 6.45) is -2.98. The Morgan fingerprint density at radius 3 is 2.50 bits per heavy atom. The third-order valence-corrected chi connectivity index (χ3v) is 6.48. The highest BCUT2D eigenvalue weighted by Crippen LogP contribution is 2.36. The molecule has 1 aliphatic heterocycles. The smallest absolute Gasteiger partial charge is 0.367 e. The molecule has 1 aromatic heterocycles. The Balaban J connectivity index is 1.65. The van der Waals surface area contributed by atoms with Crippen LogP contribution in [0.1, 0.15) is 22.7 Å². The van der Waals surface area contributed by atoms with Crippen molar-refractivity contribution in [3.63, 3.8) is 0 Å². The van der Waals surface area contributed by atoms with Gasteiger partial charge >= 0.3 is 6.18 Å². The molecule has 0 bridgehead atoms. The monoisotopic (exact) mass is 480 g/mol. The number of halogens is 5. The fraction of sp³-hybridized carbons (Fsp3) is 0.304. The van der Waals surface area contributed by atoms with E-state index in [1.165, 1.54) is 0 Å². The average Bonchev–Trinajstić information content (AvgIpc) is 3.25. The molecule has 9 heteroatoms. The zero-order chi connectivity index (χ0) is 22.7. The van der Waals surface area contributed by atoms with Gasteiger partial charge in [0.25, 0.3) is 0 Å². The van der Waals surface area contributed by atoms with E-state index in [0.717, 1.165) is 30.1 Å². The van der Waals surface area contributed by atoms with Crippen molar-refractivity contribution in [3.8, 4) is 0 Å². The minimum Gasteiger partial charge on any atom is -0.367 e. The quantitative estimate of drug-likeness (QED) is 0.466. The van der Waals surface area contributed by atoms with Crippen LogP contribution in [0.3, 0.4) is 0 Å². The minimum absolute atomic E-state index is 0.0803. The summed E-state index contributed by atoms with van der Waals surface area (Å²) >= 11 is 12.3. The van der Waals surface area contributed by atoms with Gasteiger partial charge in [0, 0.05) is 31.1 Å². The van der Waals surface area contributed by atoms with Crippen LogP contribution in [-0.2, 0) is 12.6 Å². The zero-order valence-electron chi connectivity index (χ0n) is 16.9. The van der Waals surface area contributed by atoms with Crippen LogP contribution >= 0.6 is 23.2 Å². The standard InChI is InChI=1S/C23H21Cl2F3N4/c24-18-7-6-15(9-19(18)25)16-11-29-12-17(16)20(8-14-4-2-1-3-5-14)32-22-10-21(23(26,27)28)30-13-31-22/h1-7,9-10,13,16-17,20,29H,8,11-12H2,(H,30,31,32)/t16?,17?,20-/m0/s1. The number of aromatic nitrogens is 2. The zero-order valence-corrected chi connectivity index (χ0v) is 18.4. The maximum Gasteiger partial charge on any atom is 0.433 e. The van der Waals surface area contributed by atoms with Crippen molar-refractivity contribution in [2.24, 2.45) is 5.92 Å². The van der Waals surface area contributed by atoms with E-state index in [-0.39, 0.29) is 23.7 Å². The van der Waals surface area contributed by atoms with Crippen molar-refractivity contribution in [2.75, 3.05) is 18.4 Å². The van der Waals surface area contributed by atoms with Gasteiger partial charge in [-0.05, 0) is 35.6 Å². The maximum atomic E-state index is 13.2. The lowest BCUT2D eigenvalue weighted by molar-refractivity contribution is -0.141. The van der Waals surface area contributed by atoms with E-state index in [4.69, 9.17) is 23.2 Å². The Morgan fingerprint density at radius 1 is 1.00 bits per heavy atom. The topological polar surface area (TPSA) is 49.8 Å². The van der Waals surface area contributed by atoms with Crippen LogP contribution in [0.15, 0.2) is 60.9 Å². The van der Waals surface area contributed by atoms with Gasteiger partial charge in [-0.2, -0.15) is 13.2 Å². The first-order valence-electron chi connectivity index (χ1n) is 10.2. The lowest BCUT2D eigenvalue weighted by atomic mass is 9.81. The van der Waals surface area contributed by atoms with Crippen molar-refractivity contribution in [2.45, 2.75) is 24.6 Å². The molecule has 1 aliphatic rings. The number of nitrogens with zero attached hydrogens (tertiary/aromatic N) is 2. The van der Waals surface area contributed by atoms with Gasteiger partial charge in [-0.15, -0.1) is 0 Å². The second kappa shape index (κ2) is 9.65. The SMILES string of the molecule is FC(F)(F)c1cc(N[C@@H](Cc2ccccc2)C2CNCC2c2ccc(Cl)c(Cl)c2)ncn1. The Labute approximate surface area is 194 Å². The Morgan fingerprint density at radius 2 is 1.78 bits per heavy atom. The number of alkyl halides is 3. The predicted molar refractivity (Wildman–Crippen MR) is 120 cm³/mol. The summed E-state index contributed by atoms with van der Waals surface area (Å²) in [6, 6.07) is 16.2. The molecular weight excluding hydrogens is 460 g/mol. The third-order valence-electron chi connectivity index (χ3n) is 5.74. The lowest BCUT2D eigenvalue weighted by Gasteiger charge is -2.30. The maximum absolute atomic E-state index is 13.2. The van der Waals surface area contributed by atoms with Crippen molar-refractivity contribution >= 4 is 29.0 Å². The number of anilines is 1. The van der Waals surface area contributed by atoms with Gasteiger partial charge in [0.1, 0.15) is 17.8 Å². The van der Waals surface area contributed by atoms with Gasteiger partial charge < -0.3 is 10.6 Å². The largest absolute Gasteiger partial charge is 0.433 e. The Bertz CT molecular complexity index is 1060. The summed E-state index contributed by atoms with van der Waals surface area (Å²) in [6.45, 7) is 1.43. The van der Waals surface area contributed by atoms with Crippen LogP contribution in [0.4, 0.5) is 19.0 Å². The van der Waals surface area contributed by atoms with Crippen molar-refractivity contribution < 1.29 is 13.2 Å². The van der Waals surface area contributed by atoms with Crippen molar-refractivity contribution in [1.82, 2.24) is 15.3 Å². The molecule has 2 aromatic carbocycles. The van der Waals surface area contributed by atoms with Crippen LogP contribution in [0, 0.1) is 5.92 Å². The molecule has 1 fully saturated rings. The summed E-state index contributed by atoms with van der Waals surface area (Å²) in [4.78, 5) is 7.41. The van der Waals surface area contributed by atoms with E-state index in [9.17, 15) is 13.2 Å². The first-order valence-corrected chi connectivity index (χ1v) is 10.9. The molecule has 3 atom stereocenters. The Hall–Kier alpha value is -2.35. The predicted octanol–water partition coefficient (Wildman–Crippen LogP) is 5.83. The van der Waals surface area contributed by atoms with Gasteiger partial charge in [0.2, 0.25) is 0 Å². The number of benzene rings is 2. The van der Waals surface area contributed by atoms with Crippen LogP contribution in [0.2, 0.25) is 10.0 Å². The second-order valence-corrected chi connectivity index (χ2v) is 8.64. The van der Waals surface area contributed by atoms with E-state index in [2.05, 4.69) is 20.6 Å². The van der Waals surface area contributed by atoms with Gasteiger partial charge in [0.05, 0.1) is 10.0 Å². The average molecular weight is 481 g/mol. The van der Waals surface area contributed by atoms with Crippen LogP contribution in [0.25, 0.3) is 0 Å². The highest BCUT2D eigenvalue weighted by molar-refractivity contribution is 6.42. The van der Waals surface area contributed by atoms with E-state index >= 15 is 0 Å². The summed E-state index contributed by atoms with van der Waals surface area (Å²) in [7, 11) is 0. The van der Waals surface area contributed by atoms with E-state index in [1.807, 2.05) is 42.5 Å². The molecule has 3 aromatic rings. The normalized spacial score (nSPS) is 19.7. The van der Waals surface area contributed by atoms with E-state index < -0.39 is 11.9 Å². The van der Waals surface area contributed by atoms with Gasteiger partial charge in [-0.3, -0.25) is 0 Å². The van der Waals surface area contributed by atoms with Crippen LogP contribution in [-0.4, -0.2) is 29.1 Å². The molecule has 2 unspecified atom stereocenters. The number of hydrogen-bond donors (Lipinski definition) is 2. The molecule has 0 aliphatic carbocycles. The molecule has 32 heavy (non-hydrogen) atoms. The molecule has 2 heterocycles. The van der Waals surface area contributed by atoms with Crippen molar-refractivity contribution in [1.29, 1.82) is 0 Å². The highest BCUT2D eigenvalue weighted by Gasteiger charge is 2.36. The van der Waals surface area contributed by atoms with Crippen LogP contribution < -0.4 is 10.6 Å². The van der Waals surface area contributed by atoms with Gasteiger partial charge in [-0.1, -0.05) is 59.6 Å². The van der Waals surface area contributed by atoms with Gasteiger partial charge in [-0.25, -0.2) is 9.97 Å². The molecule has 0 radical (unpaired) electrons. The lowest BCUT2D eigenvalue weighted by Crippen LogP contribution is -2.36. The molecule has 1 saturated heterocycles. The molecule has 0 saturated carbocycles. The highest BCUT2D eigenvalue weighted by atomic mass is 35.5. The first kappa shape index (κ1) is 22.8. The molecule has 4 rings (SSSR count). The molecular formula is C23H21Cl2F3N4. The molecule has 0 spiro atoms. The number of rotatable bonds is 6. The molecule has 0 amide bonds. The molecule has 2 N–H and O–H groups in total. The summed E-state index contributed by atoms with van der Waals surface area (Å²) in [5.74, 6) is 0.333. The molecule has 168 valence electrons. The summed E-state index contributed by atoms with van der Waals surface area (Å²) in [5.41, 5.74) is 1.14. The first-order chi connectivity index (χ1) is 15.3. The van der Waals surface area contributed by atoms with Gasteiger partial charge in [0.15, 0.2) is 0 Å². The van der Waals surface area contributed by atoms with E-state index in [0.29, 0.717) is 23.0 Å². The third kappa shape index (κ3) is 5.34. The fourth-order valence-electron chi connectivity index (χ4n) is 4.19. The summed E-state index contributed by atoms with van der Waals surface area (Å²) in [5, 5.41) is 7.63. The second-order valence-electron chi connectivity index (χ2n) is 7.83. The number of hydrogen-bond acceptors (Lipinski definition) is 4. The van der Waals surface area contributed by atoms with Crippen LogP contribution in [0.5, 0.6) is 0 Å². The Kier molecular flexibility index (Phi) is 6.88. The number of nitrogens with one attached hydrogen (secondary N) is 2. The molecule has 4 nitrogen and oxygen atoms in total. The fourth-order valence-corrected chi connectivity index (χ4v) is 4.50. The minimum atomic E-state index is -4.54. The summed E-state index contributed by atoms with van der Waals surface area (Å²) < 4.78 is 39.5. The van der Waals surface area contributed by atoms with E-state index in [1.54, 1.807) is 6.07 Å². The van der Waals surface area contributed by atoms with Crippen molar-refractivity contribution in [3.05, 3.63) is 87.8 Å².